The summed E-state index contributed by atoms with van der Waals surface area (Å²) in [6, 6.07) is 0. The Labute approximate surface area is 91.4 Å². The average molecular weight is 230 g/mol. The van der Waals surface area contributed by atoms with Crippen molar-refractivity contribution in [3.8, 4) is 0 Å². The van der Waals surface area contributed by atoms with Gasteiger partial charge in [0, 0.05) is 11.7 Å². The summed E-state index contributed by atoms with van der Waals surface area (Å²) in [6.45, 7) is 1.99. The molecule has 0 aliphatic rings. The maximum atomic E-state index is 10.9. The van der Waals surface area contributed by atoms with Crippen LogP contribution in [0.15, 0.2) is 5.16 Å². The zero-order chi connectivity index (χ0) is 11.3. The number of nitrogen functional groups attached to an aromatic ring is 1. The molecule has 1 aromatic heterocycles. The first-order chi connectivity index (χ1) is 7.11. The second-order valence-corrected chi connectivity index (χ2v) is 4.44. The summed E-state index contributed by atoms with van der Waals surface area (Å²) in [5.74, 6) is 5.09. The molecule has 1 amide bonds. The first kappa shape index (κ1) is 11.8. The van der Waals surface area contributed by atoms with Crippen LogP contribution >= 0.6 is 11.8 Å². The molecule has 15 heavy (non-hydrogen) atoms. The minimum atomic E-state index is -0.169. The molecule has 8 heteroatoms. The molecule has 0 saturated carbocycles. The lowest BCUT2D eigenvalue weighted by Gasteiger charge is -2.06. The second-order valence-electron chi connectivity index (χ2n) is 3.04. The van der Waals surface area contributed by atoms with Crippen LogP contribution in [0.3, 0.4) is 0 Å². The molecule has 0 spiro atoms. The molecular weight excluding hydrogens is 216 g/mol. The fourth-order valence-corrected chi connectivity index (χ4v) is 1.80. The first-order valence-corrected chi connectivity index (χ1v) is 5.33. The maximum Gasteiger partial charge on any atom is 0.233 e. The summed E-state index contributed by atoms with van der Waals surface area (Å²) in [7, 11) is 0. The van der Waals surface area contributed by atoms with E-state index in [1.807, 2.05) is 6.92 Å². The van der Waals surface area contributed by atoms with Crippen molar-refractivity contribution in [3.05, 3.63) is 0 Å². The van der Waals surface area contributed by atoms with Crippen molar-refractivity contribution in [2.75, 3.05) is 5.73 Å². The monoisotopic (exact) mass is 230 g/mol. The topological polar surface area (TPSA) is 123 Å². The van der Waals surface area contributed by atoms with E-state index in [0.29, 0.717) is 23.9 Å². The third-order valence-corrected chi connectivity index (χ3v) is 2.76. The number of aromatic nitrogens is 3. The van der Waals surface area contributed by atoms with Crippen LogP contribution in [0.5, 0.6) is 0 Å². The van der Waals surface area contributed by atoms with Gasteiger partial charge in [-0.2, -0.15) is 4.98 Å². The van der Waals surface area contributed by atoms with Crippen LogP contribution in [0.2, 0.25) is 0 Å². The highest BCUT2D eigenvalue weighted by atomic mass is 32.2. The fourth-order valence-electron chi connectivity index (χ4n) is 0.956. The largest absolute Gasteiger partial charge is 0.368 e. The maximum absolute atomic E-state index is 10.9. The molecule has 0 aliphatic carbocycles. The Kier molecular flexibility index (Phi) is 4.37. The van der Waals surface area contributed by atoms with Crippen LogP contribution in [0, 0.1) is 0 Å². The van der Waals surface area contributed by atoms with E-state index in [4.69, 9.17) is 11.6 Å². The van der Waals surface area contributed by atoms with Gasteiger partial charge in [0.2, 0.25) is 17.0 Å². The Hall–Kier alpha value is -1.28. The number of hydrogen-bond donors (Lipinski definition) is 4. The van der Waals surface area contributed by atoms with Gasteiger partial charge in [-0.15, -0.1) is 5.10 Å². The van der Waals surface area contributed by atoms with Crippen LogP contribution in [-0.4, -0.2) is 26.3 Å². The predicted molar refractivity (Wildman–Crippen MR) is 57.7 cm³/mol. The van der Waals surface area contributed by atoms with Crippen LogP contribution in [0.25, 0.3) is 0 Å². The number of thioether (sulfide) groups is 1. The highest BCUT2D eigenvalue weighted by Crippen LogP contribution is 2.22. The van der Waals surface area contributed by atoms with Crippen molar-refractivity contribution in [1.82, 2.24) is 20.6 Å². The van der Waals surface area contributed by atoms with Crippen LogP contribution in [-0.2, 0) is 4.79 Å². The molecule has 1 rings (SSSR count). The van der Waals surface area contributed by atoms with E-state index in [1.165, 1.54) is 11.8 Å². The quantitative estimate of drug-likeness (QED) is 0.237. The zero-order valence-corrected chi connectivity index (χ0v) is 9.17. The molecular formula is C7H14N6OS. The molecule has 0 fully saturated rings. The lowest BCUT2D eigenvalue weighted by Crippen LogP contribution is -2.30. The Morgan fingerprint density at radius 1 is 1.73 bits per heavy atom. The Morgan fingerprint density at radius 3 is 3.00 bits per heavy atom. The number of amides is 1. The fraction of sp³-hybridized carbons (Fsp3) is 0.571. The summed E-state index contributed by atoms with van der Waals surface area (Å²) in [5.41, 5.74) is 7.46. The van der Waals surface area contributed by atoms with Gasteiger partial charge in [0.15, 0.2) is 0 Å². The van der Waals surface area contributed by atoms with Gasteiger partial charge in [-0.25, -0.2) is 10.9 Å². The Balaban J connectivity index is 2.30. The van der Waals surface area contributed by atoms with E-state index in [9.17, 15) is 4.79 Å². The van der Waals surface area contributed by atoms with E-state index >= 15 is 0 Å². The Bertz CT molecular complexity index is 327. The SMILES string of the molecule is CC(CCC(=O)NN)Sc1n[nH]c(N)n1. The number of hydrogen-bond acceptors (Lipinski definition) is 6. The molecule has 0 aliphatic heterocycles. The van der Waals surface area contributed by atoms with Crippen molar-refractivity contribution in [3.63, 3.8) is 0 Å². The molecule has 1 heterocycles. The number of nitrogens with two attached hydrogens (primary N) is 2. The lowest BCUT2D eigenvalue weighted by atomic mass is 10.2. The number of hydrazine groups is 1. The van der Waals surface area contributed by atoms with Gasteiger partial charge in [-0.1, -0.05) is 18.7 Å². The number of rotatable bonds is 5. The van der Waals surface area contributed by atoms with E-state index in [1.54, 1.807) is 0 Å². The summed E-state index contributed by atoms with van der Waals surface area (Å²) in [6.07, 6.45) is 1.10. The smallest absolute Gasteiger partial charge is 0.233 e. The number of nitrogens with zero attached hydrogens (tertiary/aromatic N) is 2. The molecule has 0 aromatic carbocycles. The number of carbonyl (C=O) groups is 1. The molecule has 0 bridgehead atoms. The van der Waals surface area contributed by atoms with Gasteiger partial charge in [-0.3, -0.25) is 10.2 Å². The van der Waals surface area contributed by atoms with Gasteiger partial charge in [0.25, 0.3) is 0 Å². The highest BCUT2D eigenvalue weighted by molar-refractivity contribution is 7.99. The molecule has 84 valence electrons. The standard InChI is InChI=1S/C7H14N6OS/c1-4(2-3-5(14)11-9)15-7-10-6(8)12-13-7/h4H,2-3,9H2,1H3,(H,11,14)(H3,8,10,12,13). The molecule has 0 radical (unpaired) electrons. The molecule has 0 saturated heterocycles. The van der Waals surface area contributed by atoms with Crippen molar-refractivity contribution in [1.29, 1.82) is 0 Å². The number of nitrogens with one attached hydrogen (secondary N) is 2. The van der Waals surface area contributed by atoms with Crippen LogP contribution in [0.1, 0.15) is 19.8 Å². The molecule has 1 aromatic rings. The van der Waals surface area contributed by atoms with Gasteiger partial charge < -0.3 is 5.73 Å². The van der Waals surface area contributed by atoms with Crippen molar-refractivity contribution in [2.24, 2.45) is 5.84 Å². The van der Waals surface area contributed by atoms with Crippen molar-refractivity contribution < 1.29 is 4.79 Å². The van der Waals surface area contributed by atoms with Crippen molar-refractivity contribution >= 4 is 23.6 Å². The van der Waals surface area contributed by atoms with Gasteiger partial charge in [0.1, 0.15) is 0 Å². The van der Waals surface area contributed by atoms with Gasteiger partial charge >= 0.3 is 0 Å². The van der Waals surface area contributed by atoms with E-state index in [-0.39, 0.29) is 11.2 Å². The lowest BCUT2D eigenvalue weighted by molar-refractivity contribution is -0.121. The molecule has 1 atom stereocenters. The number of aromatic amines is 1. The number of H-pyrrole nitrogens is 1. The Morgan fingerprint density at radius 2 is 2.47 bits per heavy atom. The van der Waals surface area contributed by atoms with Crippen molar-refractivity contribution in [2.45, 2.75) is 30.2 Å². The summed E-state index contributed by atoms with van der Waals surface area (Å²) in [4.78, 5) is 14.8. The minimum Gasteiger partial charge on any atom is -0.368 e. The molecule has 1 unspecified atom stereocenters. The minimum absolute atomic E-state index is 0.169. The predicted octanol–water partition coefficient (Wildman–Crippen LogP) is -0.362. The molecule has 6 N–H and O–H groups in total. The third kappa shape index (κ3) is 4.17. The number of anilines is 1. The first-order valence-electron chi connectivity index (χ1n) is 4.45. The summed E-state index contributed by atoms with van der Waals surface area (Å²) in [5, 5.41) is 7.25. The second kappa shape index (κ2) is 5.56. The average Bonchev–Trinajstić information content (AvgIpc) is 2.60. The van der Waals surface area contributed by atoms with Gasteiger partial charge in [0.05, 0.1) is 0 Å². The molecule has 7 nitrogen and oxygen atoms in total. The van der Waals surface area contributed by atoms with Crippen LogP contribution < -0.4 is 17.0 Å². The summed E-state index contributed by atoms with van der Waals surface area (Å²) < 4.78 is 0. The third-order valence-electron chi connectivity index (χ3n) is 1.73. The van der Waals surface area contributed by atoms with Gasteiger partial charge in [-0.05, 0) is 6.42 Å². The zero-order valence-electron chi connectivity index (χ0n) is 8.36. The summed E-state index contributed by atoms with van der Waals surface area (Å²) >= 11 is 1.46. The van der Waals surface area contributed by atoms with E-state index in [0.717, 1.165) is 0 Å². The highest BCUT2D eigenvalue weighted by Gasteiger charge is 2.10. The normalized spacial score (nSPS) is 12.4. The van der Waals surface area contributed by atoms with Crippen LogP contribution in [0.4, 0.5) is 5.95 Å². The number of carbonyl (C=O) groups excluding carboxylic acids is 1. The van der Waals surface area contributed by atoms with E-state index in [2.05, 4.69) is 20.6 Å². The van der Waals surface area contributed by atoms with E-state index < -0.39 is 0 Å².